The zero-order valence-corrected chi connectivity index (χ0v) is 10.9. The van der Waals surface area contributed by atoms with Crippen molar-refractivity contribution in [2.45, 2.75) is 38.6 Å². The molecule has 0 spiro atoms. The Morgan fingerprint density at radius 3 is 2.94 bits per heavy atom. The number of hydrogen-bond donors (Lipinski definition) is 1. The van der Waals surface area contributed by atoms with Crippen LogP contribution in [0.15, 0.2) is 6.20 Å². The largest absolute Gasteiger partial charge is 0.481 e. The molecule has 17 heavy (non-hydrogen) atoms. The molecule has 1 N–H and O–H groups in total. The number of aliphatic carboxylic acids is 1. The minimum Gasteiger partial charge on any atom is -0.481 e. The molecule has 94 valence electrons. The van der Waals surface area contributed by atoms with Crippen LogP contribution in [0.1, 0.15) is 36.6 Å². The number of hydrogen-bond acceptors (Lipinski definition) is 3. The summed E-state index contributed by atoms with van der Waals surface area (Å²) in [6, 6.07) is 0.509. The molecule has 1 aromatic heterocycles. The summed E-state index contributed by atoms with van der Waals surface area (Å²) >= 11 is 2.00. The summed E-state index contributed by atoms with van der Waals surface area (Å²) in [5, 5.41) is 13.1. The third kappa shape index (κ3) is 3.03. The summed E-state index contributed by atoms with van der Waals surface area (Å²) in [5.41, 5.74) is 2.22. The zero-order valence-electron chi connectivity index (χ0n) is 10.1. The van der Waals surface area contributed by atoms with Gasteiger partial charge in [-0.05, 0) is 43.3 Å². The van der Waals surface area contributed by atoms with E-state index >= 15 is 0 Å². The summed E-state index contributed by atoms with van der Waals surface area (Å²) in [4.78, 5) is 10.6. The van der Waals surface area contributed by atoms with Gasteiger partial charge >= 0.3 is 5.97 Å². The van der Waals surface area contributed by atoms with Gasteiger partial charge in [-0.3, -0.25) is 9.48 Å². The molecule has 0 amide bonds. The van der Waals surface area contributed by atoms with Crippen molar-refractivity contribution in [3.63, 3.8) is 0 Å². The van der Waals surface area contributed by atoms with Crippen LogP contribution in [0.2, 0.25) is 0 Å². The topological polar surface area (TPSA) is 55.1 Å². The second-order valence-corrected chi connectivity index (χ2v) is 5.66. The number of carboxylic acid groups (broad SMARTS) is 1. The molecular formula is C12H18N2O2S. The lowest BCUT2D eigenvalue weighted by Gasteiger charge is -2.23. The van der Waals surface area contributed by atoms with Crippen molar-refractivity contribution in [3.8, 4) is 0 Å². The molecule has 2 heterocycles. The smallest absolute Gasteiger partial charge is 0.303 e. The van der Waals surface area contributed by atoms with Gasteiger partial charge in [0.15, 0.2) is 0 Å². The number of rotatable bonds is 4. The predicted molar refractivity (Wildman–Crippen MR) is 68.5 cm³/mol. The number of carboxylic acids is 1. The highest BCUT2D eigenvalue weighted by Gasteiger charge is 2.19. The van der Waals surface area contributed by atoms with Gasteiger partial charge in [0.25, 0.3) is 0 Å². The molecule has 1 aliphatic rings. The Morgan fingerprint density at radius 2 is 2.29 bits per heavy atom. The first-order chi connectivity index (χ1) is 8.18. The van der Waals surface area contributed by atoms with Gasteiger partial charge in [-0.25, -0.2) is 0 Å². The summed E-state index contributed by atoms with van der Waals surface area (Å²) < 4.78 is 2.09. The molecule has 0 unspecified atom stereocenters. The van der Waals surface area contributed by atoms with Crippen molar-refractivity contribution in [3.05, 3.63) is 17.5 Å². The Morgan fingerprint density at radius 1 is 1.59 bits per heavy atom. The highest BCUT2D eigenvalue weighted by Crippen LogP contribution is 2.28. The molecule has 0 radical (unpaired) electrons. The van der Waals surface area contributed by atoms with Crippen molar-refractivity contribution in [2.75, 3.05) is 11.5 Å². The average molecular weight is 254 g/mol. The molecule has 0 saturated carbocycles. The van der Waals surface area contributed by atoms with Crippen LogP contribution in [0.3, 0.4) is 0 Å². The fourth-order valence-corrected chi connectivity index (χ4v) is 3.33. The van der Waals surface area contributed by atoms with E-state index in [1.165, 1.54) is 24.3 Å². The summed E-state index contributed by atoms with van der Waals surface area (Å²) in [6.07, 6.45) is 4.95. The lowest BCUT2D eigenvalue weighted by atomic mass is 10.1. The van der Waals surface area contributed by atoms with Crippen molar-refractivity contribution >= 4 is 17.7 Å². The molecular weight excluding hydrogens is 236 g/mol. The van der Waals surface area contributed by atoms with Crippen molar-refractivity contribution < 1.29 is 9.90 Å². The van der Waals surface area contributed by atoms with Gasteiger partial charge in [0, 0.05) is 12.1 Å². The summed E-state index contributed by atoms with van der Waals surface area (Å²) in [6.45, 7) is 2.05. The second kappa shape index (κ2) is 5.58. The molecule has 5 heteroatoms. The van der Waals surface area contributed by atoms with Crippen LogP contribution in [0.5, 0.6) is 0 Å². The normalized spacial score (nSPS) is 17.2. The Labute approximate surface area is 105 Å². The number of aryl methyl sites for hydroxylation is 1. The van der Waals surface area contributed by atoms with Gasteiger partial charge in [-0.1, -0.05) is 0 Å². The van der Waals surface area contributed by atoms with E-state index in [0.29, 0.717) is 12.5 Å². The fourth-order valence-electron chi connectivity index (χ4n) is 2.24. The van der Waals surface area contributed by atoms with Gasteiger partial charge in [0.2, 0.25) is 0 Å². The van der Waals surface area contributed by atoms with Gasteiger partial charge in [-0.2, -0.15) is 16.9 Å². The Bertz CT molecular complexity index is 397. The second-order valence-electron chi connectivity index (χ2n) is 4.44. The third-order valence-electron chi connectivity index (χ3n) is 3.29. The van der Waals surface area contributed by atoms with Crippen LogP contribution in [0, 0.1) is 6.92 Å². The third-order valence-corrected chi connectivity index (χ3v) is 4.34. The molecule has 1 aromatic rings. The SMILES string of the molecule is Cc1c(CCC(=O)O)cnn1C1CCSCC1. The minimum atomic E-state index is -0.744. The lowest BCUT2D eigenvalue weighted by Crippen LogP contribution is -2.17. The van der Waals surface area contributed by atoms with E-state index in [1.807, 2.05) is 24.9 Å². The van der Waals surface area contributed by atoms with Crippen LogP contribution >= 0.6 is 11.8 Å². The average Bonchev–Trinajstić information content (AvgIpc) is 2.69. The van der Waals surface area contributed by atoms with Crippen LogP contribution in [0.25, 0.3) is 0 Å². The maximum absolute atomic E-state index is 10.6. The summed E-state index contributed by atoms with van der Waals surface area (Å²) in [5.74, 6) is 1.66. The Kier molecular flexibility index (Phi) is 4.10. The molecule has 4 nitrogen and oxygen atoms in total. The molecule has 0 aliphatic carbocycles. The Hall–Kier alpha value is -0.970. The first-order valence-electron chi connectivity index (χ1n) is 6.01. The first kappa shape index (κ1) is 12.5. The van der Waals surface area contributed by atoms with Crippen molar-refractivity contribution in [1.82, 2.24) is 9.78 Å². The molecule has 0 bridgehead atoms. The maximum atomic E-state index is 10.6. The molecule has 0 atom stereocenters. The van der Waals surface area contributed by atoms with E-state index in [0.717, 1.165) is 11.3 Å². The van der Waals surface area contributed by atoms with Crippen LogP contribution < -0.4 is 0 Å². The van der Waals surface area contributed by atoms with E-state index < -0.39 is 5.97 Å². The molecule has 1 aliphatic heterocycles. The molecule has 1 fully saturated rings. The molecule has 1 saturated heterocycles. The number of carbonyl (C=O) groups is 1. The minimum absolute atomic E-state index is 0.188. The van der Waals surface area contributed by atoms with Gasteiger partial charge in [-0.15, -0.1) is 0 Å². The van der Waals surface area contributed by atoms with E-state index in [-0.39, 0.29) is 6.42 Å². The standard InChI is InChI=1S/C12H18N2O2S/c1-9-10(2-3-12(15)16)8-13-14(9)11-4-6-17-7-5-11/h8,11H,2-7H2,1H3,(H,15,16). The van der Waals surface area contributed by atoms with Gasteiger partial charge in [0.05, 0.1) is 12.2 Å². The zero-order chi connectivity index (χ0) is 12.3. The highest BCUT2D eigenvalue weighted by atomic mass is 32.2. The van der Waals surface area contributed by atoms with E-state index in [1.54, 1.807) is 0 Å². The number of thioether (sulfide) groups is 1. The number of nitrogens with zero attached hydrogens (tertiary/aromatic N) is 2. The van der Waals surface area contributed by atoms with Crippen LogP contribution in [0.4, 0.5) is 0 Å². The van der Waals surface area contributed by atoms with Crippen molar-refractivity contribution in [1.29, 1.82) is 0 Å². The highest BCUT2D eigenvalue weighted by molar-refractivity contribution is 7.99. The van der Waals surface area contributed by atoms with E-state index in [2.05, 4.69) is 9.78 Å². The number of aromatic nitrogens is 2. The molecule has 2 rings (SSSR count). The van der Waals surface area contributed by atoms with Crippen molar-refractivity contribution in [2.24, 2.45) is 0 Å². The lowest BCUT2D eigenvalue weighted by molar-refractivity contribution is -0.136. The Balaban J connectivity index is 2.05. The monoisotopic (exact) mass is 254 g/mol. The fraction of sp³-hybridized carbons (Fsp3) is 0.667. The maximum Gasteiger partial charge on any atom is 0.303 e. The predicted octanol–water partition coefficient (Wildman–Crippen LogP) is 2.28. The van der Waals surface area contributed by atoms with Crippen LogP contribution in [-0.4, -0.2) is 32.4 Å². The first-order valence-corrected chi connectivity index (χ1v) is 7.16. The van der Waals surface area contributed by atoms with E-state index in [4.69, 9.17) is 5.11 Å². The quantitative estimate of drug-likeness (QED) is 0.895. The van der Waals surface area contributed by atoms with E-state index in [9.17, 15) is 4.79 Å². The van der Waals surface area contributed by atoms with Gasteiger partial charge in [0.1, 0.15) is 0 Å². The molecule has 0 aromatic carbocycles. The van der Waals surface area contributed by atoms with Gasteiger partial charge < -0.3 is 5.11 Å². The summed E-state index contributed by atoms with van der Waals surface area (Å²) in [7, 11) is 0. The van der Waals surface area contributed by atoms with Crippen LogP contribution in [-0.2, 0) is 11.2 Å².